The number of aromatic nitrogens is 2. The Morgan fingerprint density at radius 2 is 1.77 bits per heavy atom. The van der Waals surface area contributed by atoms with Gasteiger partial charge in [-0.1, -0.05) is 30.3 Å². The van der Waals surface area contributed by atoms with Gasteiger partial charge in [0.15, 0.2) is 11.5 Å². The molecule has 3 aromatic rings. The number of aromatic amines is 1. The SMILES string of the molecule is COc1cc2nc(CN(C)[C@H](C)c3ccccc3)[nH]c(=O)c2cc1OC. The van der Waals surface area contributed by atoms with Crippen LogP contribution in [0.5, 0.6) is 11.5 Å². The summed E-state index contributed by atoms with van der Waals surface area (Å²) in [6.07, 6.45) is 0. The van der Waals surface area contributed by atoms with Crippen LogP contribution in [0, 0.1) is 0 Å². The van der Waals surface area contributed by atoms with E-state index in [1.165, 1.54) is 5.56 Å². The molecule has 1 N–H and O–H groups in total. The van der Waals surface area contributed by atoms with Gasteiger partial charge in [-0.3, -0.25) is 9.69 Å². The average Bonchev–Trinajstić information content (AvgIpc) is 2.67. The number of ether oxygens (including phenoxy) is 2. The van der Waals surface area contributed by atoms with E-state index in [1.54, 1.807) is 26.4 Å². The maximum atomic E-state index is 12.5. The fraction of sp³-hybridized carbons (Fsp3) is 0.300. The molecular formula is C20H23N3O3. The van der Waals surface area contributed by atoms with E-state index in [0.717, 1.165) is 0 Å². The van der Waals surface area contributed by atoms with E-state index in [0.29, 0.717) is 34.8 Å². The van der Waals surface area contributed by atoms with E-state index in [2.05, 4.69) is 33.9 Å². The lowest BCUT2D eigenvalue weighted by Gasteiger charge is -2.24. The van der Waals surface area contributed by atoms with Crippen LogP contribution in [-0.4, -0.2) is 36.1 Å². The van der Waals surface area contributed by atoms with Crippen LogP contribution in [0.4, 0.5) is 0 Å². The number of nitrogens with one attached hydrogen (secondary N) is 1. The number of fused-ring (bicyclic) bond motifs is 1. The van der Waals surface area contributed by atoms with Crippen molar-refractivity contribution in [3.63, 3.8) is 0 Å². The molecule has 0 fully saturated rings. The van der Waals surface area contributed by atoms with Crippen LogP contribution in [0.3, 0.4) is 0 Å². The van der Waals surface area contributed by atoms with Gasteiger partial charge in [0, 0.05) is 12.1 Å². The first-order valence-electron chi connectivity index (χ1n) is 8.43. The summed E-state index contributed by atoms with van der Waals surface area (Å²) in [6, 6.07) is 13.8. The summed E-state index contributed by atoms with van der Waals surface area (Å²) in [7, 11) is 5.11. The van der Waals surface area contributed by atoms with E-state index >= 15 is 0 Å². The quantitative estimate of drug-likeness (QED) is 0.737. The Balaban J connectivity index is 1.92. The number of benzene rings is 2. The average molecular weight is 353 g/mol. The van der Waals surface area contributed by atoms with E-state index in [1.807, 2.05) is 25.2 Å². The summed E-state index contributed by atoms with van der Waals surface area (Å²) in [5.41, 5.74) is 1.61. The first-order chi connectivity index (χ1) is 12.5. The maximum absolute atomic E-state index is 12.5. The lowest BCUT2D eigenvalue weighted by molar-refractivity contribution is 0.247. The first-order valence-corrected chi connectivity index (χ1v) is 8.43. The zero-order valence-electron chi connectivity index (χ0n) is 15.4. The fourth-order valence-corrected chi connectivity index (χ4v) is 2.95. The summed E-state index contributed by atoms with van der Waals surface area (Å²) in [5, 5.41) is 0.477. The monoisotopic (exact) mass is 353 g/mol. The molecule has 6 heteroatoms. The zero-order chi connectivity index (χ0) is 18.7. The minimum absolute atomic E-state index is 0.188. The highest BCUT2D eigenvalue weighted by atomic mass is 16.5. The molecule has 1 aromatic heterocycles. The molecule has 0 radical (unpaired) electrons. The lowest BCUT2D eigenvalue weighted by atomic mass is 10.1. The van der Waals surface area contributed by atoms with Crippen molar-refractivity contribution in [2.75, 3.05) is 21.3 Å². The number of H-pyrrole nitrogens is 1. The van der Waals surface area contributed by atoms with E-state index in [9.17, 15) is 4.79 Å². The number of rotatable bonds is 6. The second kappa shape index (κ2) is 7.58. The van der Waals surface area contributed by atoms with Gasteiger partial charge >= 0.3 is 0 Å². The third kappa shape index (κ3) is 3.55. The summed E-state index contributed by atoms with van der Waals surface area (Å²) in [6.45, 7) is 2.65. The molecule has 0 saturated heterocycles. The van der Waals surface area contributed by atoms with Crippen LogP contribution in [0.25, 0.3) is 10.9 Å². The predicted octanol–water partition coefficient (Wildman–Crippen LogP) is 3.13. The highest BCUT2D eigenvalue weighted by Gasteiger charge is 2.15. The van der Waals surface area contributed by atoms with Crippen molar-refractivity contribution in [1.82, 2.24) is 14.9 Å². The van der Waals surface area contributed by atoms with Crippen molar-refractivity contribution < 1.29 is 9.47 Å². The van der Waals surface area contributed by atoms with Crippen molar-refractivity contribution >= 4 is 10.9 Å². The van der Waals surface area contributed by atoms with Gasteiger partial charge in [0.25, 0.3) is 5.56 Å². The Bertz CT molecular complexity index is 954. The number of hydrogen-bond donors (Lipinski definition) is 1. The van der Waals surface area contributed by atoms with Gasteiger partial charge < -0.3 is 14.5 Å². The standard InChI is InChI=1S/C20H23N3O3/c1-13(14-8-6-5-7-9-14)23(2)12-19-21-16-11-18(26-4)17(25-3)10-15(16)20(24)22-19/h5-11,13H,12H2,1-4H3,(H,21,22,24)/t13-/m1/s1. The van der Waals surface area contributed by atoms with Crippen LogP contribution >= 0.6 is 0 Å². The van der Waals surface area contributed by atoms with Gasteiger partial charge in [-0.05, 0) is 25.6 Å². The van der Waals surface area contributed by atoms with Crippen molar-refractivity contribution in [3.05, 3.63) is 64.2 Å². The normalized spacial score (nSPS) is 12.3. The second-order valence-electron chi connectivity index (χ2n) is 6.24. The molecule has 136 valence electrons. The molecule has 0 amide bonds. The van der Waals surface area contributed by atoms with Gasteiger partial charge in [0.1, 0.15) is 5.82 Å². The summed E-state index contributed by atoms with van der Waals surface area (Å²) >= 11 is 0. The molecular weight excluding hydrogens is 330 g/mol. The van der Waals surface area contributed by atoms with Crippen LogP contribution in [0.1, 0.15) is 24.4 Å². The Hall–Kier alpha value is -2.86. The Labute approximate surface area is 152 Å². The Kier molecular flexibility index (Phi) is 5.23. The molecule has 0 aliphatic heterocycles. The van der Waals surface area contributed by atoms with Crippen molar-refractivity contribution in [3.8, 4) is 11.5 Å². The zero-order valence-corrected chi connectivity index (χ0v) is 15.4. The topological polar surface area (TPSA) is 67.5 Å². The maximum Gasteiger partial charge on any atom is 0.258 e. The summed E-state index contributed by atoms with van der Waals surface area (Å²) in [5.74, 6) is 1.67. The fourth-order valence-electron chi connectivity index (χ4n) is 2.95. The molecule has 2 aromatic carbocycles. The molecule has 0 aliphatic carbocycles. The van der Waals surface area contributed by atoms with E-state index < -0.39 is 0 Å². The Morgan fingerprint density at radius 3 is 2.42 bits per heavy atom. The van der Waals surface area contributed by atoms with Gasteiger partial charge in [0.2, 0.25) is 0 Å². The molecule has 1 atom stereocenters. The summed E-state index contributed by atoms with van der Waals surface area (Å²) in [4.78, 5) is 22.1. The molecule has 3 rings (SSSR count). The van der Waals surface area contributed by atoms with Crippen molar-refractivity contribution in [2.24, 2.45) is 0 Å². The third-order valence-electron chi connectivity index (χ3n) is 4.60. The smallest absolute Gasteiger partial charge is 0.258 e. The number of methoxy groups -OCH3 is 2. The third-order valence-corrected chi connectivity index (χ3v) is 4.60. The molecule has 6 nitrogen and oxygen atoms in total. The van der Waals surface area contributed by atoms with E-state index in [4.69, 9.17) is 9.47 Å². The minimum Gasteiger partial charge on any atom is -0.493 e. The first kappa shape index (κ1) is 17.9. The molecule has 1 heterocycles. The second-order valence-corrected chi connectivity index (χ2v) is 6.24. The molecule has 0 bridgehead atoms. The molecule has 0 unspecified atom stereocenters. The lowest BCUT2D eigenvalue weighted by Crippen LogP contribution is -2.25. The molecule has 26 heavy (non-hydrogen) atoms. The van der Waals surface area contributed by atoms with Crippen molar-refractivity contribution in [1.29, 1.82) is 0 Å². The molecule has 0 aliphatic rings. The van der Waals surface area contributed by atoms with Gasteiger partial charge in [0.05, 0.1) is 31.7 Å². The molecule has 0 saturated carbocycles. The highest BCUT2D eigenvalue weighted by molar-refractivity contribution is 5.81. The summed E-state index contributed by atoms with van der Waals surface area (Å²) < 4.78 is 10.6. The largest absolute Gasteiger partial charge is 0.493 e. The molecule has 0 spiro atoms. The van der Waals surface area contributed by atoms with E-state index in [-0.39, 0.29) is 11.6 Å². The van der Waals surface area contributed by atoms with Gasteiger partial charge in [-0.2, -0.15) is 0 Å². The van der Waals surface area contributed by atoms with Crippen LogP contribution in [0.2, 0.25) is 0 Å². The number of nitrogens with zero attached hydrogens (tertiary/aromatic N) is 2. The van der Waals surface area contributed by atoms with Gasteiger partial charge in [-0.25, -0.2) is 4.98 Å². The van der Waals surface area contributed by atoms with Crippen LogP contribution < -0.4 is 15.0 Å². The van der Waals surface area contributed by atoms with Crippen LogP contribution in [0.15, 0.2) is 47.3 Å². The van der Waals surface area contributed by atoms with Gasteiger partial charge in [-0.15, -0.1) is 0 Å². The highest BCUT2D eigenvalue weighted by Crippen LogP contribution is 2.30. The predicted molar refractivity (Wildman–Crippen MR) is 102 cm³/mol. The number of hydrogen-bond acceptors (Lipinski definition) is 5. The van der Waals surface area contributed by atoms with Crippen LogP contribution in [-0.2, 0) is 6.54 Å². The van der Waals surface area contributed by atoms with Crippen molar-refractivity contribution in [2.45, 2.75) is 19.5 Å². The Morgan fingerprint density at radius 1 is 1.12 bits per heavy atom. The minimum atomic E-state index is -0.188.